The number of aliphatic hydroxyl groups excluding tert-OH is 1. The Morgan fingerprint density at radius 1 is 0.976 bits per heavy atom. The lowest BCUT2D eigenvalue weighted by Gasteiger charge is -2.27. The van der Waals surface area contributed by atoms with E-state index in [1.54, 1.807) is 33.0 Å². The van der Waals surface area contributed by atoms with Gasteiger partial charge in [0.05, 0.1) is 23.6 Å². The van der Waals surface area contributed by atoms with Gasteiger partial charge in [-0.1, -0.05) is 12.2 Å². The highest BCUT2D eigenvalue weighted by Crippen LogP contribution is 2.25. The molecule has 3 amide bonds. The lowest BCUT2D eigenvalue weighted by molar-refractivity contribution is -0.120. The molecule has 0 aromatic heterocycles. The number of carbonyl (C=O) groups is 5. The van der Waals surface area contributed by atoms with Gasteiger partial charge in [0.1, 0.15) is 6.10 Å². The highest BCUT2D eigenvalue weighted by Gasteiger charge is 2.31. The molecule has 0 spiro atoms. The van der Waals surface area contributed by atoms with Crippen LogP contribution in [0.3, 0.4) is 0 Å². The monoisotopic (exact) mass is 590 g/mol. The number of rotatable bonds is 4. The van der Waals surface area contributed by atoms with Gasteiger partial charge < -0.3 is 40.6 Å². The van der Waals surface area contributed by atoms with E-state index in [-0.39, 0.29) is 48.2 Å². The third kappa shape index (κ3) is 9.28. The number of ketones is 2. The predicted octanol–water partition coefficient (Wildman–Crippen LogP) is 1.68. The van der Waals surface area contributed by atoms with Crippen LogP contribution in [0.15, 0.2) is 46.3 Å². The Balaban J connectivity index is 2.51. The first-order valence-electron chi connectivity index (χ1n) is 13.8. The molecule has 2 aliphatic rings. The van der Waals surface area contributed by atoms with Gasteiger partial charge >= 0.3 is 12.2 Å². The summed E-state index contributed by atoms with van der Waals surface area (Å²) >= 11 is 0. The standard InChI is InChI=1S/C29H42N4O9/c1-16-13-14-23(41-28(38)31-4)22(40-6)12-8-10-18-24(30-3)21(35)15-19(25(18)36)33-27(37)17(2)9-7-11-20(34)26(16)42-29(39)32-5/h9,13,15,20,22-23,26,30,34H,7-8,10-12,14H2,1-6H3,(H,31,38)(H,32,39)(H,33,37)/b16-13+,17-9+/t20-,22?,23+,26-/m0/s1. The van der Waals surface area contributed by atoms with Crippen LogP contribution >= 0.6 is 0 Å². The third-order valence-corrected chi connectivity index (χ3v) is 7.12. The molecule has 2 bridgehead atoms. The van der Waals surface area contributed by atoms with Crippen LogP contribution in [0.2, 0.25) is 0 Å². The first-order valence-corrected chi connectivity index (χ1v) is 13.8. The Morgan fingerprint density at radius 2 is 1.64 bits per heavy atom. The topological polar surface area (TPSA) is 181 Å². The van der Waals surface area contributed by atoms with Crippen LogP contribution in [-0.4, -0.2) is 87.4 Å². The van der Waals surface area contributed by atoms with Crippen molar-refractivity contribution in [3.05, 3.63) is 46.3 Å². The molecule has 42 heavy (non-hydrogen) atoms. The predicted molar refractivity (Wildman–Crippen MR) is 153 cm³/mol. The summed E-state index contributed by atoms with van der Waals surface area (Å²) in [6, 6.07) is 0. The van der Waals surface area contributed by atoms with Crippen molar-refractivity contribution in [1.82, 2.24) is 21.3 Å². The lowest BCUT2D eigenvalue weighted by atomic mass is 9.91. The average Bonchev–Trinajstić information content (AvgIpc) is 2.97. The molecule has 1 aliphatic carbocycles. The van der Waals surface area contributed by atoms with Gasteiger partial charge in [0.2, 0.25) is 11.6 Å². The number of hydrogen-bond acceptors (Lipinski definition) is 10. The van der Waals surface area contributed by atoms with Gasteiger partial charge in [-0.3, -0.25) is 14.4 Å². The van der Waals surface area contributed by atoms with Gasteiger partial charge in [0, 0.05) is 51.9 Å². The van der Waals surface area contributed by atoms with Crippen molar-refractivity contribution in [3.63, 3.8) is 0 Å². The van der Waals surface area contributed by atoms with Crippen LogP contribution in [0.4, 0.5) is 9.59 Å². The number of fused-ring (bicyclic) bond motifs is 2. The molecule has 0 fully saturated rings. The first-order chi connectivity index (χ1) is 20.0. The quantitative estimate of drug-likeness (QED) is 0.239. The van der Waals surface area contributed by atoms with Crippen LogP contribution in [0.5, 0.6) is 0 Å². The molecule has 0 radical (unpaired) electrons. The zero-order valence-electron chi connectivity index (χ0n) is 25.0. The van der Waals surface area contributed by atoms with Crippen molar-refractivity contribution in [1.29, 1.82) is 0 Å². The maximum absolute atomic E-state index is 13.3. The van der Waals surface area contributed by atoms with Crippen LogP contribution in [0.25, 0.3) is 0 Å². The van der Waals surface area contributed by atoms with Gasteiger partial charge in [-0.25, -0.2) is 9.59 Å². The van der Waals surface area contributed by atoms with Gasteiger partial charge in [-0.15, -0.1) is 0 Å². The van der Waals surface area contributed by atoms with E-state index in [9.17, 15) is 29.1 Å². The van der Waals surface area contributed by atoms with Crippen molar-refractivity contribution in [2.75, 3.05) is 28.3 Å². The van der Waals surface area contributed by atoms with E-state index in [0.29, 0.717) is 18.4 Å². The van der Waals surface area contributed by atoms with E-state index in [0.717, 1.165) is 6.08 Å². The molecular formula is C29H42N4O9. The van der Waals surface area contributed by atoms with Crippen molar-refractivity contribution >= 4 is 29.7 Å². The van der Waals surface area contributed by atoms with Gasteiger partial charge in [0.15, 0.2) is 6.10 Å². The molecule has 0 saturated carbocycles. The fourth-order valence-electron chi connectivity index (χ4n) is 4.71. The Morgan fingerprint density at radius 3 is 2.26 bits per heavy atom. The third-order valence-electron chi connectivity index (χ3n) is 7.12. The minimum atomic E-state index is -1.13. The largest absolute Gasteiger partial charge is 0.443 e. The highest BCUT2D eigenvalue weighted by molar-refractivity contribution is 6.23. The van der Waals surface area contributed by atoms with Crippen LogP contribution < -0.4 is 21.3 Å². The summed E-state index contributed by atoms with van der Waals surface area (Å²) in [6.45, 7) is 3.24. The molecule has 1 heterocycles. The normalized spacial score (nSPS) is 27.4. The molecule has 4 atom stereocenters. The number of nitrogens with one attached hydrogen (secondary N) is 4. The molecule has 1 aliphatic heterocycles. The second-order valence-electron chi connectivity index (χ2n) is 9.96. The number of carbonyl (C=O) groups excluding carboxylic acids is 5. The highest BCUT2D eigenvalue weighted by atomic mass is 16.6. The zero-order valence-corrected chi connectivity index (χ0v) is 25.0. The van der Waals surface area contributed by atoms with Gasteiger partial charge in [-0.2, -0.15) is 0 Å². The number of aliphatic hydroxyl groups is 1. The summed E-state index contributed by atoms with van der Waals surface area (Å²) in [5.74, 6) is -1.48. The fraction of sp³-hybridized carbons (Fsp3) is 0.552. The van der Waals surface area contributed by atoms with Gasteiger partial charge in [0.25, 0.3) is 5.91 Å². The summed E-state index contributed by atoms with van der Waals surface area (Å²) in [7, 11) is 5.84. The lowest BCUT2D eigenvalue weighted by Crippen LogP contribution is -2.37. The molecule has 5 N–H and O–H groups in total. The van der Waals surface area contributed by atoms with E-state index < -0.39 is 54.1 Å². The minimum Gasteiger partial charge on any atom is -0.443 e. The summed E-state index contributed by atoms with van der Waals surface area (Å²) in [4.78, 5) is 63.2. The van der Waals surface area contributed by atoms with E-state index in [1.807, 2.05) is 0 Å². The Hall–Kier alpha value is -3.97. The number of methoxy groups -OCH3 is 1. The number of allylic oxidation sites excluding steroid dienone is 3. The van der Waals surface area contributed by atoms with Crippen LogP contribution in [0.1, 0.15) is 52.4 Å². The smallest absolute Gasteiger partial charge is 0.407 e. The van der Waals surface area contributed by atoms with Crippen LogP contribution in [-0.2, 0) is 28.6 Å². The molecule has 13 nitrogen and oxygen atoms in total. The number of likely N-dealkylation sites (N-methyl/N-ethyl adjacent to an activating group) is 1. The van der Waals surface area contributed by atoms with E-state index in [2.05, 4.69) is 21.3 Å². The number of amides is 3. The van der Waals surface area contributed by atoms with E-state index >= 15 is 0 Å². The molecule has 0 aromatic rings. The maximum atomic E-state index is 13.3. The molecule has 0 saturated heterocycles. The van der Waals surface area contributed by atoms with E-state index in [1.165, 1.54) is 21.2 Å². The summed E-state index contributed by atoms with van der Waals surface area (Å²) in [5, 5.41) is 21.1. The summed E-state index contributed by atoms with van der Waals surface area (Å²) in [6.07, 6.45) is 0.932. The van der Waals surface area contributed by atoms with Crippen LogP contribution in [0, 0.1) is 0 Å². The summed E-state index contributed by atoms with van der Waals surface area (Å²) in [5.41, 5.74) is 1.05. The molecule has 1 unspecified atom stereocenters. The summed E-state index contributed by atoms with van der Waals surface area (Å²) < 4.78 is 16.7. The first kappa shape index (κ1) is 34.2. The number of Topliss-reactive ketones (excluding diaryl/α,β-unsaturated/α-hetero) is 1. The van der Waals surface area contributed by atoms with E-state index in [4.69, 9.17) is 14.2 Å². The average molecular weight is 591 g/mol. The maximum Gasteiger partial charge on any atom is 0.407 e. The number of ether oxygens (including phenoxy) is 3. The number of hydrogen-bond donors (Lipinski definition) is 5. The molecule has 2 rings (SSSR count). The Kier molecular flexibility index (Phi) is 13.4. The minimum absolute atomic E-state index is 0.132. The number of alkyl carbamates (subject to hydrolysis) is 2. The fourth-order valence-corrected chi connectivity index (χ4v) is 4.71. The molecule has 13 heteroatoms. The Bertz CT molecular complexity index is 1170. The SMILES string of the molecule is CNC(=O)O[C@@H]1C/C=C(\C)[C@H](OC(=O)NC)[C@@H](O)CC/C=C(\C)C(=O)NC2=CC(=O)C(NC)=C(CCCC1OC)C2=O. The van der Waals surface area contributed by atoms with Crippen molar-refractivity contribution in [3.8, 4) is 0 Å². The van der Waals surface area contributed by atoms with Crippen molar-refractivity contribution in [2.24, 2.45) is 0 Å². The molecule has 0 aromatic carbocycles. The molecule has 232 valence electrons. The second-order valence-corrected chi connectivity index (χ2v) is 9.96. The van der Waals surface area contributed by atoms with Crippen molar-refractivity contribution in [2.45, 2.75) is 76.8 Å². The molecular weight excluding hydrogens is 548 g/mol. The van der Waals surface area contributed by atoms with Crippen molar-refractivity contribution < 1.29 is 43.3 Å². The van der Waals surface area contributed by atoms with Gasteiger partial charge in [-0.05, 0) is 51.5 Å². The Labute approximate surface area is 245 Å². The second kappa shape index (κ2) is 16.5. The zero-order chi connectivity index (χ0) is 31.4.